The lowest BCUT2D eigenvalue weighted by Gasteiger charge is -2.35. The van der Waals surface area contributed by atoms with Gasteiger partial charge in [0.25, 0.3) is 5.91 Å². The normalized spacial score (nSPS) is 15.1. The van der Waals surface area contributed by atoms with Gasteiger partial charge >= 0.3 is 0 Å². The number of hydrogen-bond donors (Lipinski definition) is 0. The number of benzene rings is 1. The van der Waals surface area contributed by atoms with E-state index < -0.39 is 8.32 Å². The quantitative estimate of drug-likeness (QED) is 0.421. The van der Waals surface area contributed by atoms with Gasteiger partial charge in [0.2, 0.25) is 0 Å². The summed E-state index contributed by atoms with van der Waals surface area (Å²) in [5, 5.41) is 1.26. The van der Waals surface area contributed by atoms with Crippen LogP contribution in [0.1, 0.15) is 19.4 Å². The lowest BCUT2D eigenvalue weighted by atomic mass is 9.93. The van der Waals surface area contributed by atoms with Crippen LogP contribution in [-0.2, 0) is 25.4 Å². The van der Waals surface area contributed by atoms with Crippen LogP contribution in [0.2, 0.25) is 19.6 Å². The lowest BCUT2D eigenvalue weighted by molar-refractivity contribution is -0.177. The summed E-state index contributed by atoms with van der Waals surface area (Å²) in [6.07, 6.45) is -0.224. The topological polar surface area (TPSA) is 57.2 Å². The molecule has 0 saturated carbocycles. The van der Waals surface area contributed by atoms with Crippen molar-refractivity contribution < 1.29 is 23.5 Å². The van der Waals surface area contributed by atoms with Crippen LogP contribution >= 0.6 is 0 Å². The first kappa shape index (κ1) is 23.6. The first-order valence-electron chi connectivity index (χ1n) is 9.29. The van der Waals surface area contributed by atoms with Crippen molar-refractivity contribution in [2.24, 2.45) is 11.8 Å². The first-order valence-corrected chi connectivity index (χ1v) is 12.7. The fourth-order valence-electron chi connectivity index (χ4n) is 2.82. The van der Waals surface area contributed by atoms with Crippen LogP contribution in [0, 0.1) is 11.8 Å². The minimum absolute atomic E-state index is 0.0687. The fraction of sp³-hybridized carbons (Fsp3) is 0.650. The smallest absolute Gasteiger partial charge is 0.251 e. The Labute approximate surface area is 164 Å². The zero-order valence-corrected chi connectivity index (χ0v) is 18.9. The van der Waals surface area contributed by atoms with Gasteiger partial charge in [0.05, 0.1) is 39.5 Å². The van der Waals surface area contributed by atoms with Crippen LogP contribution in [-0.4, -0.2) is 53.3 Å². The van der Waals surface area contributed by atoms with Gasteiger partial charge in [-0.2, -0.15) is 0 Å². The Bertz CT molecular complexity index is 573. The summed E-state index contributed by atoms with van der Waals surface area (Å²) in [6.45, 7) is 11.4. The average Bonchev–Trinajstić information content (AvgIpc) is 2.64. The summed E-state index contributed by atoms with van der Waals surface area (Å²) < 4.78 is 17.4. The van der Waals surface area contributed by atoms with Crippen LogP contribution in [0.25, 0.3) is 0 Å². The highest BCUT2D eigenvalue weighted by molar-refractivity contribution is 6.69. The van der Waals surface area contributed by atoms with Crippen LogP contribution in [0.5, 0.6) is 5.75 Å². The van der Waals surface area contributed by atoms with Crippen LogP contribution in [0.3, 0.4) is 0 Å². The highest BCUT2D eigenvalue weighted by Crippen LogP contribution is 2.24. The molecule has 0 heterocycles. The number of hydroxylamine groups is 2. The molecule has 1 aromatic carbocycles. The number of rotatable bonds is 11. The van der Waals surface area contributed by atoms with Gasteiger partial charge in [0.15, 0.2) is 8.32 Å². The SMILES string of the molecule is COc1ccc(COC[C@@H](C)[C@@H](O[Si](C)(C)C)[C@H](C)C(=O)N(C)OC)cc1. The molecular formula is C20H35NO5Si. The van der Waals surface area contributed by atoms with E-state index in [1.54, 1.807) is 14.2 Å². The molecule has 0 saturated heterocycles. The van der Waals surface area contributed by atoms with Gasteiger partial charge < -0.3 is 13.9 Å². The summed E-state index contributed by atoms with van der Waals surface area (Å²) in [4.78, 5) is 17.6. The third-order valence-corrected chi connectivity index (χ3v) is 5.30. The zero-order chi connectivity index (χ0) is 20.6. The highest BCUT2D eigenvalue weighted by atomic mass is 28.4. The third-order valence-electron chi connectivity index (χ3n) is 4.33. The molecular weight excluding hydrogens is 362 g/mol. The molecule has 27 heavy (non-hydrogen) atoms. The Balaban J connectivity index is 2.71. The van der Waals surface area contributed by atoms with Gasteiger partial charge in [-0.25, -0.2) is 5.06 Å². The second-order valence-corrected chi connectivity index (χ2v) is 12.3. The van der Waals surface area contributed by atoms with Crippen LogP contribution < -0.4 is 4.74 Å². The predicted octanol–water partition coefficient (Wildman–Crippen LogP) is 3.72. The van der Waals surface area contributed by atoms with E-state index in [1.807, 2.05) is 31.2 Å². The number of methoxy groups -OCH3 is 1. The monoisotopic (exact) mass is 397 g/mol. The predicted molar refractivity (Wildman–Crippen MR) is 109 cm³/mol. The fourth-order valence-corrected chi connectivity index (χ4v) is 4.07. The van der Waals surface area contributed by atoms with Gasteiger partial charge in [0.1, 0.15) is 5.75 Å². The number of nitrogens with zero attached hydrogens (tertiary/aromatic N) is 1. The van der Waals surface area contributed by atoms with E-state index in [1.165, 1.54) is 12.2 Å². The van der Waals surface area contributed by atoms with Gasteiger partial charge in [-0.1, -0.05) is 26.0 Å². The van der Waals surface area contributed by atoms with E-state index in [9.17, 15) is 4.79 Å². The Hall–Kier alpha value is -1.41. The van der Waals surface area contributed by atoms with E-state index in [-0.39, 0.29) is 23.8 Å². The van der Waals surface area contributed by atoms with Crippen molar-refractivity contribution in [2.45, 2.75) is 46.2 Å². The van der Waals surface area contributed by atoms with Gasteiger partial charge in [-0.3, -0.25) is 9.63 Å². The molecule has 0 N–H and O–H groups in total. The molecule has 154 valence electrons. The minimum Gasteiger partial charge on any atom is -0.497 e. The van der Waals surface area contributed by atoms with Crippen molar-refractivity contribution in [3.8, 4) is 5.75 Å². The van der Waals surface area contributed by atoms with Crippen molar-refractivity contribution in [2.75, 3.05) is 27.9 Å². The second kappa shape index (κ2) is 10.8. The Kier molecular flexibility index (Phi) is 9.45. The molecule has 1 rings (SSSR count). The molecule has 0 aliphatic heterocycles. The number of carbonyl (C=O) groups is 1. The number of ether oxygens (including phenoxy) is 2. The van der Waals surface area contributed by atoms with Crippen molar-refractivity contribution >= 4 is 14.2 Å². The molecule has 1 amide bonds. The van der Waals surface area contributed by atoms with Crippen molar-refractivity contribution in [3.63, 3.8) is 0 Å². The highest BCUT2D eigenvalue weighted by Gasteiger charge is 2.35. The maximum atomic E-state index is 12.5. The number of amides is 1. The average molecular weight is 398 g/mol. The third kappa shape index (κ3) is 8.00. The maximum absolute atomic E-state index is 12.5. The van der Waals surface area contributed by atoms with Crippen molar-refractivity contribution in [3.05, 3.63) is 29.8 Å². The van der Waals surface area contributed by atoms with E-state index in [0.717, 1.165) is 11.3 Å². The van der Waals surface area contributed by atoms with Gasteiger partial charge in [-0.05, 0) is 37.3 Å². The molecule has 0 aliphatic carbocycles. The Morgan fingerprint density at radius 1 is 1.11 bits per heavy atom. The van der Waals surface area contributed by atoms with E-state index >= 15 is 0 Å². The maximum Gasteiger partial charge on any atom is 0.251 e. The number of carbonyl (C=O) groups excluding carboxylic acids is 1. The Morgan fingerprint density at radius 3 is 2.19 bits per heavy atom. The van der Waals surface area contributed by atoms with E-state index in [2.05, 4.69) is 26.6 Å². The second-order valence-electron chi connectivity index (χ2n) is 7.84. The largest absolute Gasteiger partial charge is 0.497 e. The molecule has 0 bridgehead atoms. The Morgan fingerprint density at radius 2 is 1.70 bits per heavy atom. The summed E-state index contributed by atoms with van der Waals surface area (Å²) >= 11 is 0. The van der Waals surface area contributed by atoms with Gasteiger partial charge in [-0.15, -0.1) is 0 Å². The molecule has 7 heteroatoms. The van der Waals surface area contributed by atoms with Gasteiger partial charge in [0, 0.05) is 13.0 Å². The molecule has 0 fully saturated rings. The zero-order valence-electron chi connectivity index (χ0n) is 17.9. The van der Waals surface area contributed by atoms with Crippen molar-refractivity contribution in [1.29, 1.82) is 0 Å². The van der Waals surface area contributed by atoms with E-state index in [4.69, 9.17) is 18.7 Å². The minimum atomic E-state index is -1.83. The first-order chi connectivity index (χ1) is 12.6. The molecule has 0 unspecified atom stereocenters. The summed E-state index contributed by atoms with van der Waals surface area (Å²) in [6, 6.07) is 7.81. The molecule has 3 atom stereocenters. The van der Waals surface area contributed by atoms with E-state index in [0.29, 0.717) is 13.2 Å². The molecule has 0 aromatic heterocycles. The van der Waals surface area contributed by atoms with Crippen LogP contribution in [0.4, 0.5) is 0 Å². The van der Waals surface area contributed by atoms with Crippen molar-refractivity contribution in [1.82, 2.24) is 5.06 Å². The number of hydrogen-bond acceptors (Lipinski definition) is 5. The lowest BCUT2D eigenvalue weighted by Crippen LogP contribution is -2.46. The summed E-state index contributed by atoms with van der Waals surface area (Å²) in [5.41, 5.74) is 1.08. The molecule has 0 spiro atoms. The van der Waals surface area contributed by atoms with Crippen LogP contribution in [0.15, 0.2) is 24.3 Å². The molecule has 6 nitrogen and oxygen atoms in total. The molecule has 0 radical (unpaired) electrons. The summed E-state index contributed by atoms with van der Waals surface area (Å²) in [7, 11) is 2.92. The molecule has 1 aromatic rings. The molecule has 0 aliphatic rings. The summed E-state index contributed by atoms with van der Waals surface area (Å²) in [5.74, 6) is 0.480. The standard InChI is InChI=1S/C20H35NO5Si/c1-15(13-25-14-17-9-11-18(23-4)12-10-17)19(26-27(6,7)8)16(2)20(22)21(3)24-5/h9-12,15-16,19H,13-14H2,1-8H3/t15-,16+,19-/m1/s1.